The van der Waals surface area contributed by atoms with Crippen molar-refractivity contribution in [2.24, 2.45) is 17.8 Å². The zero-order valence-corrected chi connectivity index (χ0v) is 12.5. The highest BCUT2D eigenvalue weighted by atomic mass is 35.5. The molecule has 3 rings (SSSR count). The van der Waals surface area contributed by atoms with Crippen LogP contribution in [-0.2, 0) is 9.53 Å². The second-order valence-electron chi connectivity index (χ2n) is 6.38. The highest BCUT2D eigenvalue weighted by Crippen LogP contribution is 2.52. The van der Waals surface area contributed by atoms with Crippen LogP contribution >= 0.6 is 11.6 Å². The van der Waals surface area contributed by atoms with Crippen LogP contribution in [0.3, 0.4) is 0 Å². The number of carbonyl (C=O) groups excluding carboxylic acids is 1. The number of hydrogen-bond donors (Lipinski definition) is 3. The minimum absolute atomic E-state index is 0.0212. The molecule has 1 saturated heterocycles. The number of fused-ring (bicyclic) bond motifs is 3. The highest BCUT2D eigenvalue weighted by Gasteiger charge is 2.60. The van der Waals surface area contributed by atoms with Gasteiger partial charge in [0.25, 0.3) is 0 Å². The van der Waals surface area contributed by atoms with Gasteiger partial charge in [-0.1, -0.05) is 18.2 Å². The number of rotatable bonds is 1. The second kappa shape index (κ2) is 4.81. The molecule has 0 aromatic carbocycles. The van der Waals surface area contributed by atoms with E-state index in [0.29, 0.717) is 0 Å². The van der Waals surface area contributed by atoms with Crippen molar-refractivity contribution in [2.45, 2.75) is 37.3 Å². The summed E-state index contributed by atoms with van der Waals surface area (Å²) >= 11 is 5.94. The van der Waals surface area contributed by atoms with Crippen molar-refractivity contribution in [3.05, 3.63) is 23.8 Å². The van der Waals surface area contributed by atoms with Crippen molar-refractivity contribution < 1.29 is 24.9 Å². The van der Waals surface area contributed by atoms with Gasteiger partial charge in [-0.15, -0.1) is 11.6 Å². The van der Waals surface area contributed by atoms with E-state index in [2.05, 4.69) is 6.58 Å². The van der Waals surface area contributed by atoms with Crippen molar-refractivity contribution in [3.8, 4) is 0 Å². The van der Waals surface area contributed by atoms with E-state index in [1.165, 1.54) is 0 Å². The molecule has 2 fully saturated rings. The predicted octanol–water partition coefficient (Wildman–Crippen LogP) is 0.372. The minimum atomic E-state index is -1.42. The maximum atomic E-state index is 11.8. The molecule has 1 aliphatic heterocycles. The maximum absolute atomic E-state index is 11.8. The molecule has 0 amide bonds. The Morgan fingerprint density at radius 2 is 2.14 bits per heavy atom. The van der Waals surface area contributed by atoms with Crippen LogP contribution in [-0.4, -0.2) is 51.1 Å². The summed E-state index contributed by atoms with van der Waals surface area (Å²) in [6, 6.07) is 0. The third kappa shape index (κ3) is 1.99. The van der Waals surface area contributed by atoms with Gasteiger partial charge in [-0.3, -0.25) is 0 Å². The van der Waals surface area contributed by atoms with Gasteiger partial charge >= 0.3 is 5.97 Å². The molecule has 116 valence electrons. The van der Waals surface area contributed by atoms with Gasteiger partial charge in [0.2, 0.25) is 0 Å². The quantitative estimate of drug-likeness (QED) is 0.282. The molecule has 0 unspecified atom stereocenters. The summed E-state index contributed by atoms with van der Waals surface area (Å²) in [5.41, 5.74) is -0.363. The van der Waals surface area contributed by atoms with E-state index >= 15 is 0 Å². The third-order valence-corrected chi connectivity index (χ3v) is 5.62. The molecule has 3 aliphatic rings. The molecule has 0 aromatic heterocycles. The standard InChI is InChI=1S/C15H19ClO5/c1-6-3-8(17)12-10(6)13-11(7(2)14(19)21-13)9(18)4-15(12,20)5-16/h3,8-13,17-18,20H,2,4-5H2,1H3/t8-,9-,10+,11-,12-,13-,15+/m1/s1. The molecule has 0 aromatic rings. The lowest BCUT2D eigenvalue weighted by Crippen LogP contribution is -2.48. The Morgan fingerprint density at radius 3 is 2.76 bits per heavy atom. The van der Waals surface area contributed by atoms with Gasteiger partial charge in [-0.05, 0) is 6.92 Å². The number of esters is 1. The average molecular weight is 315 g/mol. The van der Waals surface area contributed by atoms with E-state index in [9.17, 15) is 20.1 Å². The number of alkyl halides is 1. The van der Waals surface area contributed by atoms with E-state index < -0.39 is 41.7 Å². The summed E-state index contributed by atoms with van der Waals surface area (Å²) in [6.45, 7) is 5.54. The average Bonchev–Trinajstić information content (AvgIpc) is 2.83. The zero-order chi connectivity index (χ0) is 15.5. The minimum Gasteiger partial charge on any atom is -0.458 e. The molecule has 6 heteroatoms. The van der Waals surface area contributed by atoms with Gasteiger partial charge in [0.1, 0.15) is 6.10 Å². The Bertz CT molecular complexity index is 530. The zero-order valence-electron chi connectivity index (χ0n) is 11.7. The predicted molar refractivity (Wildman–Crippen MR) is 75.5 cm³/mol. The number of halogens is 1. The molecular formula is C15H19ClO5. The fraction of sp³-hybridized carbons (Fsp3) is 0.667. The Hall–Kier alpha value is -0.880. The van der Waals surface area contributed by atoms with Crippen molar-refractivity contribution in [2.75, 3.05) is 5.88 Å². The first-order valence-electron chi connectivity index (χ1n) is 7.02. The van der Waals surface area contributed by atoms with Crippen LogP contribution in [0, 0.1) is 17.8 Å². The number of aliphatic hydroxyl groups excluding tert-OH is 2. The Labute approximate surface area is 127 Å². The first-order valence-corrected chi connectivity index (χ1v) is 7.56. The molecular weight excluding hydrogens is 296 g/mol. The highest BCUT2D eigenvalue weighted by molar-refractivity contribution is 6.18. The second-order valence-corrected chi connectivity index (χ2v) is 6.65. The lowest BCUT2D eigenvalue weighted by atomic mass is 9.75. The summed E-state index contributed by atoms with van der Waals surface area (Å²) in [6.07, 6.45) is -0.834. The molecule has 0 radical (unpaired) electrons. The number of ether oxygens (including phenoxy) is 1. The first-order chi connectivity index (χ1) is 9.80. The van der Waals surface area contributed by atoms with E-state index in [1.54, 1.807) is 6.08 Å². The van der Waals surface area contributed by atoms with Gasteiger partial charge in [0.05, 0.1) is 29.6 Å². The fourth-order valence-corrected chi connectivity index (χ4v) is 4.51. The number of aliphatic hydroxyl groups is 3. The molecule has 0 bridgehead atoms. The molecule has 1 heterocycles. The molecule has 5 nitrogen and oxygen atoms in total. The number of hydrogen-bond acceptors (Lipinski definition) is 5. The SMILES string of the molecule is C=C1C(=O)O[C@@H]2[C@H]3C(C)=C[C@@H](O)[C@H]3[C@@](O)(CCl)C[C@@H](O)[C@@H]12. The van der Waals surface area contributed by atoms with Gasteiger partial charge in [-0.25, -0.2) is 4.79 Å². The topological polar surface area (TPSA) is 87.0 Å². The third-order valence-electron chi connectivity index (χ3n) is 5.16. The monoisotopic (exact) mass is 314 g/mol. The van der Waals surface area contributed by atoms with Crippen LogP contribution in [0.25, 0.3) is 0 Å². The molecule has 21 heavy (non-hydrogen) atoms. The summed E-state index contributed by atoms with van der Waals surface area (Å²) in [7, 11) is 0. The maximum Gasteiger partial charge on any atom is 0.334 e. The molecule has 1 saturated carbocycles. The van der Waals surface area contributed by atoms with Gasteiger partial charge in [-0.2, -0.15) is 0 Å². The Kier molecular flexibility index (Phi) is 3.44. The van der Waals surface area contributed by atoms with E-state index in [4.69, 9.17) is 16.3 Å². The first kappa shape index (κ1) is 15.0. The lowest BCUT2D eigenvalue weighted by Gasteiger charge is -2.37. The lowest BCUT2D eigenvalue weighted by molar-refractivity contribution is -0.143. The molecule has 3 N–H and O–H groups in total. The smallest absolute Gasteiger partial charge is 0.334 e. The van der Waals surface area contributed by atoms with Gasteiger partial charge < -0.3 is 20.1 Å². The van der Waals surface area contributed by atoms with Crippen LogP contribution in [0.15, 0.2) is 23.8 Å². The molecule has 2 aliphatic carbocycles. The normalized spacial score (nSPS) is 49.3. The Morgan fingerprint density at radius 1 is 1.48 bits per heavy atom. The van der Waals surface area contributed by atoms with Crippen LogP contribution in [0.1, 0.15) is 13.3 Å². The summed E-state index contributed by atoms with van der Waals surface area (Å²) in [5, 5.41) is 31.6. The van der Waals surface area contributed by atoms with Crippen molar-refractivity contribution in [3.63, 3.8) is 0 Å². The summed E-state index contributed by atoms with van der Waals surface area (Å²) < 4.78 is 5.39. The summed E-state index contributed by atoms with van der Waals surface area (Å²) in [5.74, 6) is -2.17. The van der Waals surface area contributed by atoms with E-state index in [0.717, 1.165) is 5.57 Å². The van der Waals surface area contributed by atoms with Gasteiger partial charge in [0, 0.05) is 23.8 Å². The van der Waals surface area contributed by atoms with Crippen molar-refractivity contribution >= 4 is 17.6 Å². The van der Waals surface area contributed by atoms with Crippen molar-refractivity contribution in [1.29, 1.82) is 0 Å². The van der Waals surface area contributed by atoms with Crippen LogP contribution in [0.4, 0.5) is 0 Å². The van der Waals surface area contributed by atoms with Crippen LogP contribution in [0.2, 0.25) is 0 Å². The number of carbonyl (C=O) groups is 1. The van der Waals surface area contributed by atoms with E-state index in [-0.39, 0.29) is 23.8 Å². The van der Waals surface area contributed by atoms with Crippen molar-refractivity contribution in [1.82, 2.24) is 0 Å². The van der Waals surface area contributed by atoms with Crippen LogP contribution in [0.5, 0.6) is 0 Å². The molecule has 0 spiro atoms. The summed E-state index contributed by atoms with van der Waals surface area (Å²) in [4.78, 5) is 11.8. The fourth-order valence-electron chi connectivity index (χ4n) is 4.22. The van der Waals surface area contributed by atoms with E-state index in [1.807, 2.05) is 6.92 Å². The largest absolute Gasteiger partial charge is 0.458 e. The molecule has 7 atom stereocenters. The van der Waals surface area contributed by atoms with Gasteiger partial charge in [0.15, 0.2) is 0 Å². The Balaban J connectivity index is 2.10. The van der Waals surface area contributed by atoms with Crippen LogP contribution < -0.4 is 0 Å².